The van der Waals surface area contributed by atoms with Gasteiger partial charge in [0.15, 0.2) is 8.32 Å². The van der Waals surface area contributed by atoms with Gasteiger partial charge in [0.2, 0.25) is 0 Å². The zero-order valence-corrected chi connectivity index (χ0v) is 21.7. The average Bonchev–Trinajstić information content (AvgIpc) is 2.97. The maximum Gasteiger partial charge on any atom is 0.192 e. The minimum atomic E-state index is -1.65. The van der Waals surface area contributed by atoms with Crippen LogP contribution in [0.2, 0.25) is 18.1 Å². The molecule has 0 bridgehead atoms. The molecule has 4 aliphatic carbocycles. The van der Waals surface area contributed by atoms with Gasteiger partial charge in [-0.15, -0.1) is 0 Å². The van der Waals surface area contributed by atoms with Crippen LogP contribution in [-0.2, 0) is 4.43 Å². The fourth-order valence-electron chi connectivity index (χ4n) is 8.24. The normalized spacial score (nSPS) is 46.9. The molecule has 4 saturated carbocycles. The third-order valence-electron chi connectivity index (χ3n) is 11.1. The lowest BCUT2D eigenvalue weighted by molar-refractivity contribution is -0.114. The van der Waals surface area contributed by atoms with Crippen LogP contribution in [0.1, 0.15) is 99.3 Å². The fraction of sp³-hybridized carbons (Fsp3) is 0.926. The quantitative estimate of drug-likeness (QED) is 0.324. The van der Waals surface area contributed by atoms with Crippen LogP contribution in [0.3, 0.4) is 0 Å². The van der Waals surface area contributed by atoms with Crippen molar-refractivity contribution in [1.29, 1.82) is 0 Å². The van der Waals surface area contributed by atoms with Gasteiger partial charge in [0.05, 0.1) is 0 Å². The molecule has 1 nitrogen and oxygen atoms in total. The SMILES string of the molecule is C/C=C1/CCC2C3CCC4C[C@@H](O[Si](C)(C)C(C)(C)C)CC[C@]4(C)C3CC[C@]12C. The lowest BCUT2D eigenvalue weighted by Crippen LogP contribution is -2.54. The largest absolute Gasteiger partial charge is 0.414 e. The first kappa shape index (κ1) is 22.1. The van der Waals surface area contributed by atoms with Crippen molar-refractivity contribution < 1.29 is 4.43 Å². The molecule has 4 fully saturated rings. The first-order valence-electron chi connectivity index (χ1n) is 12.8. The lowest BCUT2D eigenvalue weighted by Gasteiger charge is -2.61. The van der Waals surface area contributed by atoms with Crippen molar-refractivity contribution in [2.75, 3.05) is 0 Å². The van der Waals surface area contributed by atoms with E-state index >= 15 is 0 Å². The molecule has 0 aromatic rings. The molecule has 7 atom stereocenters. The van der Waals surface area contributed by atoms with Crippen molar-refractivity contribution in [3.8, 4) is 0 Å². The van der Waals surface area contributed by atoms with Crippen LogP contribution < -0.4 is 0 Å². The highest BCUT2D eigenvalue weighted by molar-refractivity contribution is 6.74. The third kappa shape index (κ3) is 3.43. The smallest absolute Gasteiger partial charge is 0.192 e. The van der Waals surface area contributed by atoms with E-state index in [0.717, 1.165) is 23.7 Å². The van der Waals surface area contributed by atoms with Crippen LogP contribution in [0.5, 0.6) is 0 Å². The van der Waals surface area contributed by atoms with Gasteiger partial charge in [0.25, 0.3) is 0 Å². The van der Waals surface area contributed by atoms with Crippen LogP contribution in [-0.4, -0.2) is 14.4 Å². The van der Waals surface area contributed by atoms with Crippen molar-refractivity contribution in [1.82, 2.24) is 0 Å². The first-order valence-corrected chi connectivity index (χ1v) is 15.7. The molecule has 0 radical (unpaired) electrons. The fourth-order valence-corrected chi connectivity index (χ4v) is 9.64. The first-order chi connectivity index (χ1) is 13.4. The summed E-state index contributed by atoms with van der Waals surface area (Å²) in [5, 5.41) is 0.326. The Balaban J connectivity index is 1.49. The molecule has 0 heterocycles. The summed E-state index contributed by atoms with van der Waals surface area (Å²) in [7, 11) is -1.65. The summed E-state index contributed by atoms with van der Waals surface area (Å²) in [6, 6.07) is 0. The molecule has 0 aliphatic heterocycles. The Morgan fingerprint density at radius 3 is 2.34 bits per heavy atom. The van der Waals surface area contributed by atoms with Gasteiger partial charge in [-0.05, 0) is 117 Å². The van der Waals surface area contributed by atoms with Gasteiger partial charge in [-0.1, -0.05) is 46.3 Å². The zero-order chi connectivity index (χ0) is 21.2. The van der Waals surface area contributed by atoms with E-state index in [0.29, 0.717) is 22.0 Å². The van der Waals surface area contributed by atoms with Gasteiger partial charge in [-0.3, -0.25) is 0 Å². The van der Waals surface area contributed by atoms with E-state index in [-0.39, 0.29) is 0 Å². The number of hydrogen-bond acceptors (Lipinski definition) is 1. The van der Waals surface area contributed by atoms with E-state index in [1.165, 1.54) is 57.8 Å². The summed E-state index contributed by atoms with van der Waals surface area (Å²) in [5.41, 5.74) is 2.90. The molecule has 29 heavy (non-hydrogen) atoms. The van der Waals surface area contributed by atoms with Gasteiger partial charge in [-0.25, -0.2) is 0 Å². The number of fused-ring (bicyclic) bond motifs is 5. The highest BCUT2D eigenvalue weighted by Gasteiger charge is 2.59. The monoisotopic (exact) mass is 416 g/mol. The second kappa shape index (κ2) is 7.22. The summed E-state index contributed by atoms with van der Waals surface area (Å²) in [6.45, 7) is 19.7. The van der Waals surface area contributed by atoms with Gasteiger partial charge in [-0.2, -0.15) is 0 Å². The van der Waals surface area contributed by atoms with E-state index in [9.17, 15) is 0 Å². The molecule has 0 spiro atoms. The van der Waals surface area contributed by atoms with Gasteiger partial charge in [0, 0.05) is 6.10 Å². The predicted octanol–water partition coefficient (Wildman–Crippen LogP) is 8.37. The van der Waals surface area contributed by atoms with Crippen molar-refractivity contribution in [3.63, 3.8) is 0 Å². The molecular formula is C27H48OSi. The Kier molecular flexibility index (Phi) is 5.51. The Morgan fingerprint density at radius 1 is 0.966 bits per heavy atom. The van der Waals surface area contributed by atoms with E-state index in [1.54, 1.807) is 5.57 Å². The molecular weight excluding hydrogens is 368 g/mol. The summed E-state index contributed by atoms with van der Waals surface area (Å²) >= 11 is 0. The molecule has 0 aromatic heterocycles. The van der Waals surface area contributed by atoms with E-state index in [1.807, 2.05) is 0 Å². The van der Waals surface area contributed by atoms with Crippen molar-refractivity contribution in [2.45, 2.75) is 124 Å². The molecule has 166 valence electrons. The standard InChI is InChI=1S/C27H48OSi/c1-9-19-11-13-23-22-12-10-20-18-21(28-29(7,8)25(2,3)4)14-16-27(20,6)24(22)15-17-26(19,23)5/h9,20-24H,10-18H2,1-8H3/b19-9-/t20?,21-,22?,23?,24?,26+,27-/m0/s1. The summed E-state index contributed by atoms with van der Waals surface area (Å²) in [6.07, 6.45) is 15.8. The lowest BCUT2D eigenvalue weighted by atomic mass is 9.45. The molecule has 0 N–H and O–H groups in total. The Hall–Kier alpha value is -0.0831. The minimum Gasteiger partial charge on any atom is -0.414 e. The summed E-state index contributed by atoms with van der Waals surface area (Å²) in [5.74, 6) is 3.83. The maximum atomic E-state index is 6.92. The van der Waals surface area contributed by atoms with Crippen LogP contribution in [0, 0.1) is 34.5 Å². The maximum absolute atomic E-state index is 6.92. The summed E-state index contributed by atoms with van der Waals surface area (Å²) < 4.78 is 6.92. The molecule has 4 unspecified atom stereocenters. The predicted molar refractivity (Wildman–Crippen MR) is 128 cm³/mol. The molecule has 0 saturated heterocycles. The highest BCUT2D eigenvalue weighted by Crippen LogP contribution is 2.67. The zero-order valence-electron chi connectivity index (χ0n) is 20.7. The van der Waals surface area contributed by atoms with Gasteiger partial charge < -0.3 is 4.43 Å². The Bertz CT molecular complexity index is 658. The second-order valence-electron chi connectivity index (χ2n) is 13.2. The minimum absolute atomic E-state index is 0.326. The van der Waals surface area contributed by atoms with Crippen molar-refractivity contribution in [2.24, 2.45) is 34.5 Å². The molecule has 0 aromatic carbocycles. The average molecular weight is 417 g/mol. The van der Waals surface area contributed by atoms with Crippen LogP contribution >= 0.6 is 0 Å². The van der Waals surface area contributed by atoms with Crippen LogP contribution in [0.25, 0.3) is 0 Å². The van der Waals surface area contributed by atoms with Crippen LogP contribution in [0.15, 0.2) is 11.6 Å². The summed E-state index contributed by atoms with van der Waals surface area (Å²) in [4.78, 5) is 0. The van der Waals surface area contributed by atoms with Crippen LogP contribution in [0.4, 0.5) is 0 Å². The van der Waals surface area contributed by atoms with E-state index in [2.05, 4.69) is 60.7 Å². The number of allylic oxidation sites excluding steroid dienone is 2. The van der Waals surface area contributed by atoms with Gasteiger partial charge >= 0.3 is 0 Å². The highest BCUT2D eigenvalue weighted by atomic mass is 28.4. The van der Waals surface area contributed by atoms with Gasteiger partial charge in [0.1, 0.15) is 0 Å². The molecule has 0 amide bonds. The van der Waals surface area contributed by atoms with Crippen molar-refractivity contribution in [3.05, 3.63) is 11.6 Å². The Morgan fingerprint density at radius 2 is 1.69 bits per heavy atom. The number of rotatable bonds is 2. The molecule has 4 aliphatic rings. The third-order valence-corrected chi connectivity index (χ3v) is 15.6. The van der Waals surface area contributed by atoms with E-state index < -0.39 is 8.32 Å². The Labute approximate surface area is 182 Å². The number of hydrogen-bond donors (Lipinski definition) is 0. The topological polar surface area (TPSA) is 9.23 Å². The van der Waals surface area contributed by atoms with E-state index in [4.69, 9.17) is 4.43 Å². The molecule has 2 heteroatoms. The molecule has 4 rings (SSSR count). The second-order valence-corrected chi connectivity index (χ2v) is 18.0. The van der Waals surface area contributed by atoms with Crippen molar-refractivity contribution >= 4 is 8.32 Å².